The normalized spacial score (nSPS) is 21.2. The molecule has 2 aromatic carbocycles. The molecule has 4 aromatic rings. The van der Waals surface area contributed by atoms with E-state index in [0.29, 0.717) is 48.6 Å². The maximum absolute atomic E-state index is 15.5. The van der Waals surface area contributed by atoms with Crippen LogP contribution < -0.4 is 9.64 Å². The minimum Gasteiger partial charge on any atom is -0.490 e. The summed E-state index contributed by atoms with van der Waals surface area (Å²) in [6.45, 7) is 13.4. The smallest absolute Gasteiger partial charge is 0.337 e. The van der Waals surface area contributed by atoms with Crippen LogP contribution in [0.1, 0.15) is 84.0 Å². The molecule has 0 amide bonds. The summed E-state index contributed by atoms with van der Waals surface area (Å²) in [4.78, 5) is 20.0. The van der Waals surface area contributed by atoms with Gasteiger partial charge in [-0.05, 0) is 96.9 Å². The third-order valence-electron chi connectivity index (χ3n) is 9.30. The fraction of sp³-hybridized carbons (Fsp3) is 0.474. The first-order valence-electron chi connectivity index (χ1n) is 16.8. The van der Waals surface area contributed by atoms with Crippen LogP contribution >= 0.6 is 0 Å². The molecule has 2 aromatic heterocycles. The molecule has 48 heavy (non-hydrogen) atoms. The second kappa shape index (κ2) is 13.1. The summed E-state index contributed by atoms with van der Waals surface area (Å²) in [5, 5.41) is 10.5. The number of carboxylic acid groups (broad SMARTS) is 1. The Bertz CT molecular complexity index is 1820. The van der Waals surface area contributed by atoms with E-state index in [4.69, 9.17) is 19.2 Å². The number of aliphatic carboxylic acids is 1. The van der Waals surface area contributed by atoms with Gasteiger partial charge in [-0.3, -0.25) is 4.40 Å². The number of pyridine rings is 1. The molecule has 10 heteroatoms. The largest absolute Gasteiger partial charge is 0.490 e. The van der Waals surface area contributed by atoms with Gasteiger partial charge in [0.15, 0.2) is 6.10 Å². The van der Waals surface area contributed by atoms with Crippen LogP contribution in [0.15, 0.2) is 48.7 Å². The maximum Gasteiger partial charge on any atom is 0.337 e. The number of hydrogen-bond acceptors (Lipinski definition) is 6. The highest BCUT2D eigenvalue weighted by Gasteiger charge is 2.37. The molecule has 1 fully saturated rings. The van der Waals surface area contributed by atoms with Crippen LogP contribution in [0.3, 0.4) is 0 Å². The van der Waals surface area contributed by atoms with E-state index in [9.17, 15) is 14.3 Å². The zero-order chi connectivity index (χ0) is 34.4. The molecular formula is C38H45F2N3O5. The summed E-state index contributed by atoms with van der Waals surface area (Å²) in [6.07, 6.45) is 4.31. The first-order chi connectivity index (χ1) is 22.7. The van der Waals surface area contributed by atoms with Crippen molar-refractivity contribution in [3.63, 3.8) is 0 Å². The second-order valence-corrected chi connectivity index (χ2v) is 14.4. The minimum absolute atomic E-state index is 0.150. The highest BCUT2D eigenvalue weighted by Crippen LogP contribution is 2.41. The quantitative estimate of drug-likeness (QED) is 0.236. The highest BCUT2D eigenvalue weighted by atomic mass is 19.1. The summed E-state index contributed by atoms with van der Waals surface area (Å²) in [5.41, 5.74) is 3.00. The minimum atomic E-state index is -1.21. The molecule has 8 nitrogen and oxygen atoms in total. The first-order valence-corrected chi connectivity index (χ1v) is 16.8. The molecule has 0 radical (unpaired) electrons. The number of carbonyl (C=O) groups is 1. The predicted molar refractivity (Wildman–Crippen MR) is 182 cm³/mol. The lowest BCUT2D eigenvalue weighted by molar-refractivity contribution is -0.160. The van der Waals surface area contributed by atoms with Crippen molar-refractivity contribution >= 4 is 17.4 Å². The number of nitrogens with zero attached hydrogens (tertiary/aromatic N) is 3. The van der Waals surface area contributed by atoms with Crippen molar-refractivity contribution < 1.29 is 32.9 Å². The van der Waals surface area contributed by atoms with Gasteiger partial charge in [-0.25, -0.2) is 18.6 Å². The number of fused-ring (bicyclic) bond motifs is 8. The zero-order valence-electron chi connectivity index (χ0n) is 28.6. The van der Waals surface area contributed by atoms with E-state index in [2.05, 4.69) is 11.8 Å². The van der Waals surface area contributed by atoms with Crippen molar-refractivity contribution in [1.82, 2.24) is 9.38 Å². The van der Waals surface area contributed by atoms with Crippen LogP contribution in [-0.4, -0.2) is 57.5 Å². The van der Waals surface area contributed by atoms with Gasteiger partial charge in [0.2, 0.25) is 0 Å². The summed E-state index contributed by atoms with van der Waals surface area (Å²) >= 11 is 0. The molecule has 1 saturated heterocycles. The summed E-state index contributed by atoms with van der Waals surface area (Å²) < 4.78 is 50.7. The predicted octanol–water partition coefficient (Wildman–Crippen LogP) is 8.52. The van der Waals surface area contributed by atoms with Gasteiger partial charge in [0.05, 0.1) is 28.6 Å². The van der Waals surface area contributed by atoms with E-state index in [1.165, 1.54) is 6.07 Å². The second-order valence-electron chi connectivity index (χ2n) is 14.4. The van der Waals surface area contributed by atoms with Crippen LogP contribution in [0.5, 0.6) is 5.75 Å². The molecule has 256 valence electrons. The van der Waals surface area contributed by atoms with Crippen molar-refractivity contribution in [2.45, 2.75) is 97.1 Å². The van der Waals surface area contributed by atoms with Gasteiger partial charge in [-0.15, -0.1) is 0 Å². The number of anilines is 1. The van der Waals surface area contributed by atoms with Crippen LogP contribution in [0, 0.1) is 18.6 Å². The van der Waals surface area contributed by atoms with Gasteiger partial charge in [-0.2, -0.15) is 0 Å². The molecule has 0 unspecified atom stereocenters. The number of hydrogen-bond donors (Lipinski definition) is 1. The number of halogens is 2. The summed E-state index contributed by atoms with van der Waals surface area (Å²) in [7, 11) is 0. The lowest BCUT2D eigenvalue weighted by Gasteiger charge is -2.41. The van der Waals surface area contributed by atoms with E-state index in [1.54, 1.807) is 6.07 Å². The van der Waals surface area contributed by atoms with E-state index in [-0.39, 0.29) is 23.0 Å². The van der Waals surface area contributed by atoms with Crippen LogP contribution in [0.25, 0.3) is 28.0 Å². The van der Waals surface area contributed by atoms with Crippen molar-refractivity contribution in [2.24, 2.45) is 0 Å². The Labute approximate surface area is 280 Å². The first kappa shape index (κ1) is 33.9. The molecule has 6 bridgehead atoms. The van der Waals surface area contributed by atoms with Gasteiger partial charge in [0.1, 0.15) is 28.8 Å². The van der Waals surface area contributed by atoms with Gasteiger partial charge >= 0.3 is 5.97 Å². The van der Waals surface area contributed by atoms with E-state index >= 15 is 4.39 Å². The Morgan fingerprint density at radius 1 is 1.10 bits per heavy atom. The standard InChI is InChI=1S/C38H45F2N3O5/c1-23-18-31-41-29-22-43(31)35(32(23)34(36(44)45)48-37(3,4)5)42-15-13-38(6,14-16-42)46-17-8-7-10-24(2)47-30-21-27(39)20-28(40)33(30)26-12-9-11-25(29)19-26/h9,11-12,18-22,24,34H,7-8,10,13-17H2,1-6H3,(H,44,45)/t24-,34-/m0/s1. The Hall–Kier alpha value is -4.02. The number of benzene rings is 2. The van der Waals surface area contributed by atoms with Crippen LogP contribution in [0.2, 0.25) is 0 Å². The molecule has 3 aliphatic rings. The lowest BCUT2D eigenvalue weighted by Crippen LogP contribution is -2.45. The number of imidazole rings is 1. The van der Waals surface area contributed by atoms with Gasteiger partial charge in [0, 0.05) is 49.2 Å². The maximum atomic E-state index is 15.5. The van der Waals surface area contributed by atoms with E-state index < -0.39 is 29.3 Å². The number of rotatable bonds is 3. The van der Waals surface area contributed by atoms with E-state index in [1.807, 2.05) is 69.5 Å². The Balaban J connectivity index is 1.55. The number of ether oxygens (including phenoxy) is 3. The monoisotopic (exact) mass is 661 g/mol. The number of piperidine rings is 1. The molecule has 0 saturated carbocycles. The van der Waals surface area contributed by atoms with Gasteiger partial charge in [-0.1, -0.05) is 18.2 Å². The molecule has 1 N–H and O–H groups in total. The van der Waals surface area contributed by atoms with Crippen LogP contribution in [0.4, 0.5) is 14.6 Å². The molecular weight excluding hydrogens is 616 g/mol. The third kappa shape index (κ3) is 7.05. The summed E-state index contributed by atoms with van der Waals surface area (Å²) in [5.74, 6) is -1.61. The van der Waals surface area contributed by atoms with Crippen molar-refractivity contribution in [3.8, 4) is 28.1 Å². The zero-order valence-corrected chi connectivity index (χ0v) is 28.6. The van der Waals surface area contributed by atoms with E-state index in [0.717, 1.165) is 48.7 Å². The topological polar surface area (TPSA) is 85.5 Å². The lowest BCUT2D eigenvalue weighted by atomic mass is 9.92. The van der Waals surface area contributed by atoms with Gasteiger partial charge < -0.3 is 24.2 Å². The molecule has 0 aliphatic carbocycles. The highest BCUT2D eigenvalue weighted by molar-refractivity contribution is 5.80. The number of carboxylic acids is 1. The summed E-state index contributed by atoms with van der Waals surface area (Å²) in [6, 6.07) is 11.3. The van der Waals surface area contributed by atoms with Crippen LogP contribution in [-0.2, 0) is 14.3 Å². The fourth-order valence-electron chi connectivity index (χ4n) is 6.84. The number of aryl methyl sites for hydroxylation is 1. The number of aromatic nitrogens is 2. The van der Waals surface area contributed by atoms with Crippen molar-refractivity contribution in [1.29, 1.82) is 0 Å². The molecule has 5 heterocycles. The third-order valence-corrected chi connectivity index (χ3v) is 9.30. The fourth-order valence-corrected chi connectivity index (χ4v) is 6.84. The molecule has 3 aliphatic heterocycles. The molecule has 0 spiro atoms. The molecule has 2 atom stereocenters. The SMILES string of the molecule is Cc1cc2nc3cn2c(c1[C@H](OC(C)(C)C)C(=O)O)N1CCC(C)(CC1)OCCCC[C@H](C)Oc1cc(F)cc(F)c1-c1cccc-3c1. The Kier molecular flexibility index (Phi) is 9.26. The Morgan fingerprint density at radius 3 is 2.54 bits per heavy atom. The molecule has 7 rings (SSSR count). The van der Waals surface area contributed by atoms with Gasteiger partial charge in [0.25, 0.3) is 0 Å². The van der Waals surface area contributed by atoms with Crippen molar-refractivity contribution in [3.05, 3.63) is 71.4 Å². The average Bonchev–Trinajstić information content (AvgIpc) is 3.42. The average molecular weight is 662 g/mol. The van der Waals surface area contributed by atoms with Crippen molar-refractivity contribution in [2.75, 3.05) is 24.6 Å². The Morgan fingerprint density at radius 2 is 1.83 bits per heavy atom.